The molecule has 0 saturated heterocycles. The van der Waals surface area contributed by atoms with Crippen LogP contribution in [-0.2, 0) is 9.53 Å². The van der Waals surface area contributed by atoms with Crippen LogP contribution in [0.5, 0.6) is 5.75 Å². The summed E-state index contributed by atoms with van der Waals surface area (Å²) in [4.78, 5) is 11.3. The van der Waals surface area contributed by atoms with Gasteiger partial charge in [0.1, 0.15) is 11.8 Å². The van der Waals surface area contributed by atoms with Crippen molar-refractivity contribution in [2.45, 2.75) is 6.04 Å². The van der Waals surface area contributed by atoms with Crippen LogP contribution < -0.4 is 15.8 Å². The highest BCUT2D eigenvalue weighted by atomic mass is 16.5. The van der Waals surface area contributed by atoms with Crippen LogP contribution in [0, 0.1) is 0 Å². The van der Waals surface area contributed by atoms with Crippen molar-refractivity contribution in [3.8, 4) is 5.75 Å². The zero-order valence-electron chi connectivity index (χ0n) is 10.1. The summed E-state index contributed by atoms with van der Waals surface area (Å²) in [5.41, 5.74) is 6.16. The molecule has 0 aliphatic rings. The van der Waals surface area contributed by atoms with Gasteiger partial charge < -0.3 is 15.2 Å². The van der Waals surface area contributed by atoms with Gasteiger partial charge in [-0.25, -0.2) is 0 Å². The number of amides is 1. The summed E-state index contributed by atoms with van der Waals surface area (Å²) < 4.78 is 9.96. The molecule has 0 saturated carbocycles. The predicted octanol–water partition coefficient (Wildman–Crippen LogP) is 0.458. The molecule has 0 bridgehead atoms. The zero-order valence-corrected chi connectivity index (χ0v) is 10.1. The molecule has 0 aliphatic heterocycles. The maximum atomic E-state index is 11.3. The zero-order chi connectivity index (χ0) is 12.7. The molecule has 1 aromatic carbocycles. The number of hydrogen-bond acceptors (Lipinski definition) is 4. The summed E-state index contributed by atoms with van der Waals surface area (Å²) in [5.74, 6) is 0.333. The lowest BCUT2D eigenvalue weighted by Gasteiger charge is -2.15. The second-order valence-electron chi connectivity index (χ2n) is 3.56. The van der Waals surface area contributed by atoms with Gasteiger partial charge in [0.25, 0.3) is 0 Å². The fraction of sp³-hybridized carbons (Fsp3) is 0.417. The first kappa shape index (κ1) is 13.5. The number of hydrogen-bond donors (Lipinski definition) is 2. The molecule has 17 heavy (non-hydrogen) atoms. The van der Waals surface area contributed by atoms with Gasteiger partial charge >= 0.3 is 0 Å². The molecule has 0 fully saturated rings. The second-order valence-corrected chi connectivity index (χ2v) is 3.56. The second kappa shape index (κ2) is 6.88. The molecule has 1 amide bonds. The average Bonchev–Trinajstić information content (AvgIpc) is 2.34. The van der Waals surface area contributed by atoms with E-state index in [1.54, 1.807) is 26.4 Å². The minimum atomic E-state index is -0.504. The van der Waals surface area contributed by atoms with Gasteiger partial charge in [-0.1, -0.05) is 12.1 Å². The van der Waals surface area contributed by atoms with Crippen LogP contribution in [0.2, 0.25) is 0 Å². The van der Waals surface area contributed by atoms with Crippen molar-refractivity contribution in [2.24, 2.45) is 5.73 Å². The Balaban J connectivity index is 2.71. The Morgan fingerprint density at radius 1 is 1.35 bits per heavy atom. The topological polar surface area (TPSA) is 73.6 Å². The number of ether oxygens (including phenoxy) is 2. The molecule has 5 nitrogen and oxygen atoms in total. The van der Waals surface area contributed by atoms with Crippen molar-refractivity contribution in [1.82, 2.24) is 5.32 Å². The number of benzene rings is 1. The monoisotopic (exact) mass is 238 g/mol. The van der Waals surface area contributed by atoms with E-state index in [0.29, 0.717) is 13.2 Å². The molecule has 5 heteroatoms. The van der Waals surface area contributed by atoms with Crippen molar-refractivity contribution >= 4 is 5.91 Å². The molecule has 1 aromatic rings. The molecule has 1 rings (SSSR count). The average molecular weight is 238 g/mol. The number of methoxy groups -OCH3 is 2. The largest absolute Gasteiger partial charge is 0.497 e. The fourth-order valence-corrected chi connectivity index (χ4v) is 1.48. The predicted molar refractivity (Wildman–Crippen MR) is 64.8 cm³/mol. The lowest BCUT2D eigenvalue weighted by Crippen LogP contribution is -2.35. The Kier molecular flexibility index (Phi) is 5.45. The Morgan fingerprint density at radius 3 is 2.47 bits per heavy atom. The number of rotatable bonds is 7. The molecule has 0 spiro atoms. The summed E-state index contributed by atoms with van der Waals surface area (Å²) in [6.07, 6.45) is 0. The molecule has 0 heterocycles. The minimum Gasteiger partial charge on any atom is -0.497 e. The van der Waals surface area contributed by atoms with Gasteiger partial charge in [-0.3, -0.25) is 10.1 Å². The van der Waals surface area contributed by atoms with E-state index in [1.165, 1.54) is 0 Å². The Morgan fingerprint density at radius 2 is 2.00 bits per heavy atom. The van der Waals surface area contributed by atoms with Crippen LogP contribution in [0.15, 0.2) is 24.3 Å². The Labute approximate surface area is 101 Å². The summed E-state index contributed by atoms with van der Waals surface area (Å²) in [7, 11) is 3.20. The van der Waals surface area contributed by atoms with Crippen molar-refractivity contribution in [3.63, 3.8) is 0 Å². The van der Waals surface area contributed by atoms with Crippen LogP contribution in [0.1, 0.15) is 11.6 Å². The summed E-state index contributed by atoms with van der Waals surface area (Å²) in [5, 5.41) is 3.03. The Bertz CT molecular complexity index is 351. The van der Waals surface area contributed by atoms with Crippen LogP contribution in [-0.4, -0.2) is 33.3 Å². The first-order chi connectivity index (χ1) is 8.19. The van der Waals surface area contributed by atoms with Gasteiger partial charge in [0.05, 0.1) is 13.7 Å². The highest BCUT2D eigenvalue weighted by Crippen LogP contribution is 2.17. The third kappa shape index (κ3) is 4.05. The third-order valence-electron chi connectivity index (χ3n) is 2.39. The van der Waals surface area contributed by atoms with Gasteiger partial charge in [-0.05, 0) is 17.7 Å². The van der Waals surface area contributed by atoms with Crippen molar-refractivity contribution in [1.29, 1.82) is 0 Å². The summed E-state index contributed by atoms with van der Waals surface area (Å²) >= 11 is 0. The normalized spacial score (nSPS) is 12.1. The maximum Gasteiger partial charge on any atom is 0.239 e. The van der Waals surface area contributed by atoms with Gasteiger partial charge in [0.2, 0.25) is 5.91 Å². The molecular weight excluding hydrogens is 220 g/mol. The number of carbonyl (C=O) groups excluding carboxylic acids is 1. The molecule has 94 valence electrons. The number of nitrogens with one attached hydrogen (secondary N) is 1. The molecule has 3 N–H and O–H groups in total. The maximum absolute atomic E-state index is 11.3. The fourth-order valence-electron chi connectivity index (χ4n) is 1.48. The molecule has 0 radical (unpaired) electrons. The summed E-state index contributed by atoms with van der Waals surface area (Å²) in [6.45, 7) is 1.09. The highest BCUT2D eigenvalue weighted by molar-refractivity contribution is 5.81. The van der Waals surface area contributed by atoms with E-state index in [1.807, 2.05) is 12.1 Å². The van der Waals surface area contributed by atoms with Gasteiger partial charge in [-0.15, -0.1) is 0 Å². The van der Waals surface area contributed by atoms with E-state index in [0.717, 1.165) is 11.3 Å². The first-order valence-corrected chi connectivity index (χ1v) is 5.34. The molecule has 0 aliphatic carbocycles. The molecule has 0 aromatic heterocycles. The van der Waals surface area contributed by atoms with Gasteiger partial charge in [0.15, 0.2) is 0 Å². The van der Waals surface area contributed by atoms with E-state index < -0.39 is 11.9 Å². The number of primary amides is 1. The van der Waals surface area contributed by atoms with Crippen molar-refractivity contribution < 1.29 is 14.3 Å². The highest BCUT2D eigenvalue weighted by Gasteiger charge is 2.16. The third-order valence-corrected chi connectivity index (χ3v) is 2.39. The minimum absolute atomic E-state index is 0.411. The van der Waals surface area contributed by atoms with Gasteiger partial charge in [-0.2, -0.15) is 0 Å². The van der Waals surface area contributed by atoms with E-state index in [-0.39, 0.29) is 0 Å². The van der Waals surface area contributed by atoms with Crippen LogP contribution >= 0.6 is 0 Å². The SMILES string of the molecule is COCCNC(C(N)=O)c1ccc(OC)cc1. The van der Waals surface area contributed by atoms with Crippen LogP contribution in [0.4, 0.5) is 0 Å². The lowest BCUT2D eigenvalue weighted by atomic mass is 10.1. The van der Waals surface area contributed by atoms with E-state index in [4.69, 9.17) is 15.2 Å². The number of nitrogens with two attached hydrogens (primary N) is 1. The first-order valence-electron chi connectivity index (χ1n) is 5.34. The summed E-state index contributed by atoms with van der Waals surface area (Å²) in [6, 6.07) is 6.71. The quantitative estimate of drug-likeness (QED) is 0.677. The molecule has 1 unspecified atom stereocenters. The van der Waals surface area contributed by atoms with E-state index in [9.17, 15) is 4.79 Å². The van der Waals surface area contributed by atoms with Crippen molar-refractivity contribution in [3.05, 3.63) is 29.8 Å². The van der Waals surface area contributed by atoms with E-state index >= 15 is 0 Å². The smallest absolute Gasteiger partial charge is 0.239 e. The van der Waals surface area contributed by atoms with Crippen LogP contribution in [0.3, 0.4) is 0 Å². The molecule has 1 atom stereocenters. The van der Waals surface area contributed by atoms with Crippen LogP contribution in [0.25, 0.3) is 0 Å². The molecular formula is C12H18N2O3. The van der Waals surface area contributed by atoms with Gasteiger partial charge in [0, 0.05) is 13.7 Å². The van der Waals surface area contributed by atoms with E-state index in [2.05, 4.69) is 5.32 Å². The lowest BCUT2D eigenvalue weighted by molar-refractivity contribution is -0.120. The standard InChI is InChI=1S/C12H18N2O3/c1-16-8-7-14-11(12(13)15)9-3-5-10(17-2)6-4-9/h3-6,11,14H,7-8H2,1-2H3,(H2,13,15). The van der Waals surface area contributed by atoms with Crippen molar-refractivity contribution in [2.75, 3.05) is 27.4 Å². The number of carbonyl (C=O) groups is 1. The Hall–Kier alpha value is -1.59.